The Labute approximate surface area is 186 Å². The van der Waals surface area contributed by atoms with Crippen molar-refractivity contribution in [3.8, 4) is 11.5 Å². The summed E-state index contributed by atoms with van der Waals surface area (Å²) in [5, 5.41) is 15.6. The maximum atomic E-state index is 12.1. The van der Waals surface area contributed by atoms with E-state index in [9.17, 15) is 4.79 Å². The number of hydrogen-bond acceptors (Lipinski definition) is 8. The normalized spacial score (nSPS) is 17.5. The number of aromatic nitrogens is 2. The SMILES string of the molecule is COc1ccc(OC)c(CN2CCN(c3nnc(NC(=O)NC4CCCC4)s3)CC2)c1. The maximum Gasteiger partial charge on any atom is 0.321 e. The van der Waals surface area contributed by atoms with Crippen LogP contribution in [-0.4, -0.2) is 67.6 Å². The highest BCUT2D eigenvalue weighted by Gasteiger charge is 2.22. The van der Waals surface area contributed by atoms with Crippen molar-refractivity contribution in [2.24, 2.45) is 0 Å². The second kappa shape index (κ2) is 10.1. The van der Waals surface area contributed by atoms with Crippen molar-refractivity contribution >= 4 is 27.6 Å². The minimum absolute atomic E-state index is 0.188. The number of ether oxygens (including phenoxy) is 2. The van der Waals surface area contributed by atoms with E-state index in [4.69, 9.17) is 9.47 Å². The number of urea groups is 1. The molecule has 2 N–H and O–H groups in total. The average Bonchev–Trinajstić information content (AvgIpc) is 3.46. The number of nitrogens with zero attached hydrogens (tertiary/aromatic N) is 4. The van der Waals surface area contributed by atoms with Gasteiger partial charge in [0.05, 0.1) is 14.2 Å². The van der Waals surface area contributed by atoms with Crippen LogP contribution in [0.25, 0.3) is 0 Å². The lowest BCUT2D eigenvalue weighted by Gasteiger charge is -2.34. The molecule has 2 amide bonds. The van der Waals surface area contributed by atoms with Gasteiger partial charge in [0.1, 0.15) is 11.5 Å². The Bertz CT molecular complexity index is 878. The number of piperazine rings is 1. The van der Waals surface area contributed by atoms with E-state index >= 15 is 0 Å². The van der Waals surface area contributed by atoms with Crippen LogP contribution in [0.15, 0.2) is 18.2 Å². The lowest BCUT2D eigenvalue weighted by Crippen LogP contribution is -2.46. The third kappa shape index (κ3) is 5.56. The molecule has 0 atom stereocenters. The van der Waals surface area contributed by atoms with Crippen LogP contribution in [0, 0.1) is 0 Å². The fraction of sp³-hybridized carbons (Fsp3) is 0.571. The molecular formula is C21H30N6O3S. The molecule has 9 nitrogen and oxygen atoms in total. The summed E-state index contributed by atoms with van der Waals surface area (Å²) in [7, 11) is 3.37. The molecule has 31 heavy (non-hydrogen) atoms. The molecule has 10 heteroatoms. The molecule has 2 aromatic rings. The van der Waals surface area contributed by atoms with Gasteiger partial charge in [-0.05, 0) is 31.0 Å². The van der Waals surface area contributed by atoms with Crippen LogP contribution in [0.4, 0.5) is 15.1 Å². The first-order valence-electron chi connectivity index (χ1n) is 10.7. The molecule has 1 saturated heterocycles. The Morgan fingerprint density at radius 3 is 2.61 bits per heavy atom. The molecule has 1 saturated carbocycles. The zero-order valence-corrected chi connectivity index (χ0v) is 18.9. The molecule has 1 aromatic heterocycles. The molecule has 4 rings (SSSR count). The van der Waals surface area contributed by atoms with Crippen molar-refractivity contribution in [2.45, 2.75) is 38.3 Å². The molecule has 1 aromatic carbocycles. The van der Waals surface area contributed by atoms with E-state index < -0.39 is 0 Å². The van der Waals surface area contributed by atoms with E-state index in [-0.39, 0.29) is 12.1 Å². The highest BCUT2D eigenvalue weighted by molar-refractivity contribution is 7.19. The van der Waals surface area contributed by atoms with Crippen LogP contribution in [0.5, 0.6) is 11.5 Å². The average molecular weight is 447 g/mol. The summed E-state index contributed by atoms with van der Waals surface area (Å²) in [5.74, 6) is 1.71. The molecular weight excluding hydrogens is 416 g/mol. The van der Waals surface area contributed by atoms with Crippen LogP contribution in [0.1, 0.15) is 31.2 Å². The van der Waals surface area contributed by atoms with Crippen molar-refractivity contribution in [1.82, 2.24) is 20.4 Å². The van der Waals surface area contributed by atoms with E-state index in [0.717, 1.165) is 67.8 Å². The molecule has 0 bridgehead atoms. The van der Waals surface area contributed by atoms with Gasteiger partial charge in [-0.25, -0.2) is 4.79 Å². The molecule has 2 fully saturated rings. The smallest absolute Gasteiger partial charge is 0.321 e. The van der Waals surface area contributed by atoms with Gasteiger partial charge in [0, 0.05) is 44.3 Å². The molecule has 1 aliphatic heterocycles. The summed E-state index contributed by atoms with van der Waals surface area (Å²) in [6.45, 7) is 4.33. The summed E-state index contributed by atoms with van der Waals surface area (Å²) in [5.41, 5.74) is 1.12. The largest absolute Gasteiger partial charge is 0.497 e. The summed E-state index contributed by atoms with van der Waals surface area (Å²) in [4.78, 5) is 16.8. The lowest BCUT2D eigenvalue weighted by molar-refractivity contribution is 0.245. The van der Waals surface area contributed by atoms with Gasteiger partial charge in [-0.15, -0.1) is 10.2 Å². The minimum Gasteiger partial charge on any atom is -0.497 e. The fourth-order valence-corrected chi connectivity index (χ4v) is 4.92. The van der Waals surface area contributed by atoms with Gasteiger partial charge in [0.25, 0.3) is 0 Å². The monoisotopic (exact) mass is 446 g/mol. The van der Waals surface area contributed by atoms with Crippen molar-refractivity contribution in [3.63, 3.8) is 0 Å². The van der Waals surface area contributed by atoms with Gasteiger partial charge in [0.2, 0.25) is 10.3 Å². The number of carbonyl (C=O) groups excluding carboxylic acids is 1. The second-order valence-corrected chi connectivity index (χ2v) is 8.87. The third-order valence-corrected chi connectivity index (χ3v) is 6.75. The number of hydrogen-bond donors (Lipinski definition) is 2. The summed E-state index contributed by atoms with van der Waals surface area (Å²) in [6, 6.07) is 5.98. The lowest BCUT2D eigenvalue weighted by atomic mass is 10.1. The number of amides is 2. The highest BCUT2D eigenvalue weighted by atomic mass is 32.1. The third-order valence-electron chi connectivity index (χ3n) is 5.85. The Morgan fingerprint density at radius 2 is 1.90 bits per heavy atom. The minimum atomic E-state index is -0.188. The van der Waals surface area contributed by atoms with Crippen molar-refractivity contribution < 1.29 is 14.3 Å². The van der Waals surface area contributed by atoms with E-state index in [1.54, 1.807) is 14.2 Å². The maximum absolute atomic E-state index is 12.1. The number of benzene rings is 1. The predicted octanol–water partition coefficient (Wildman–Crippen LogP) is 2.94. The Hall–Kier alpha value is -2.59. The van der Waals surface area contributed by atoms with Crippen molar-refractivity contribution in [1.29, 1.82) is 0 Å². The summed E-state index contributed by atoms with van der Waals surface area (Å²) < 4.78 is 10.9. The zero-order chi connectivity index (χ0) is 21.6. The Morgan fingerprint density at radius 1 is 1.13 bits per heavy atom. The number of rotatable bonds is 7. The van der Waals surface area contributed by atoms with Gasteiger partial charge in [-0.1, -0.05) is 24.2 Å². The van der Waals surface area contributed by atoms with Crippen molar-refractivity contribution in [3.05, 3.63) is 23.8 Å². The number of carbonyl (C=O) groups is 1. The zero-order valence-electron chi connectivity index (χ0n) is 18.1. The van der Waals surface area contributed by atoms with Crippen LogP contribution in [0.2, 0.25) is 0 Å². The van der Waals surface area contributed by atoms with Gasteiger partial charge in [-0.3, -0.25) is 10.2 Å². The molecule has 2 aliphatic rings. The molecule has 0 spiro atoms. The Balaban J connectivity index is 1.28. The van der Waals surface area contributed by atoms with E-state index in [0.29, 0.717) is 5.13 Å². The highest BCUT2D eigenvalue weighted by Crippen LogP contribution is 2.28. The van der Waals surface area contributed by atoms with Gasteiger partial charge in [0.15, 0.2) is 0 Å². The molecule has 1 aliphatic carbocycles. The van der Waals surface area contributed by atoms with Gasteiger partial charge >= 0.3 is 6.03 Å². The van der Waals surface area contributed by atoms with E-state index in [1.165, 1.54) is 24.2 Å². The predicted molar refractivity (Wildman–Crippen MR) is 121 cm³/mol. The standard InChI is InChI=1S/C21H30N6O3S/c1-29-17-7-8-18(30-2)15(13-17)14-26-9-11-27(12-10-26)21-25-24-20(31-21)23-19(28)22-16-5-3-4-6-16/h7-8,13,16H,3-6,9-12,14H2,1-2H3,(H2,22,23,24,28). The first kappa shape index (κ1) is 21.6. The quantitative estimate of drug-likeness (QED) is 0.676. The topological polar surface area (TPSA) is 91.9 Å². The van der Waals surface area contributed by atoms with Crippen LogP contribution in [-0.2, 0) is 6.54 Å². The molecule has 168 valence electrons. The molecule has 2 heterocycles. The van der Waals surface area contributed by atoms with Crippen molar-refractivity contribution in [2.75, 3.05) is 50.6 Å². The number of anilines is 2. The molecule has 0 radical (unpaired) electrons. The first-order valence-corrected chi connectivity index (χ1v) is 11.6. The summed E-state index contributed by atoms with van der Waals surface area (Å²) in [6.07, 6.45) is 4.48. The second-order valence-electron chi connectivity index (χ2n) is 7.91. The molecule has 0 unspecified atom stereocenters. The Kier molecular flexibility index (Phi) is 7.08. The summed E-state index contributed by atoms with van der Waals surface area (Å²) >= 11 is 1.42. The van der Waals surface area contributed by atoms with Crippen LogP contribution in [0.3, 0.4) is 0 Å². The first-order chi connectivity index (χ1) is 15.1. The fourth-order valence-electron chi connectivity index (χ4n) is 4.13. The number of methoxy groups -OCH3 is 2. The van der Waals surface area contributed by atoms with Crippen LogP contribution >= 0.6 is 11.3 Å². The van der Waals surface area contributed by atoms with E-state index in [2.05, 4.69) is 30.6 Å². The van der Waals surface area contributed by atoms with Crippen LogP contribution < -0.4 is 25.0 Å². The van der Waals surface area contributed by atoms with Gasteiger partial charge in [-0.2, -0.15) is 0 Å². The number of nitrogens with one attached hydrogen (secondary N) is 2. The van der Waals surface area contributed by atoms with Gasteiger partial charge < -0.3 is 19.7 Å². The van der Waals surface area contributed by atoms with E-state index in [1.807, 2.05) is 18.2 Å².